The summed E-state index contributed by atoms with van der Waals surface area (Å²) >= 11 is 0. The standard InChI is InChI=1S/C25H41NO4/c1-16(2)23(27)29-11-7-6-10-26-24(28)30-15-25(5)9-8-19-20-12-17(3)13-21(18(20)4)22(19)14-25/h17-22H,1,6-15H2,2-5H3,(H,26,28). The molecule has 3 aliphatic rings. The third-order valence-corrected chi connectivity index (χ3v) is 8.13. The summed E-state index contributed by atoms with van der Waals surface area (Å²) in [7, 11) is 0. The van der Waals surface area contributed by atoms with Crippen molar-refractivity contribution in [1.29, 1.82) is 0 Å². The minimum atomic E-state index is -0.361. The molecule has 3 fully saturated rings. The number of esters is 1. The first-order valence-corrected chi connectivity index (χ1v) is 11.9. The van der Waals surface area contributed by atoms with Crippen molar-refractivity contribution < 1.29 is 19.1 Å². The normalized spacial score (nSPS) is 37.2. The van der Waals surface area contributed by atoms with Gasteiger partial charge in [0.1, 0.15) is 0 Å². The first kappa shape index (κ1) is 23.1. The van der Waals surface area contributed by atoms with Crippen molar-refractivity contribution in [3.8, 4) is 0 Å². The second-order valence-corrected chi connectivity index (χ2v) is 10.8. The van der Waals surface area contributed by atoms with Crippen LogP contribution in [0.1, 0.15) is 72.6 Å². The lowest BCUT2D eigenvalue weighted by atomic mass is 9.65. The van der Waals surface area contributed by atoms with Crippen LogP contribution in [0.25, 0.3) is 0 Å². The Morgan fingerprint density at radius 2 is 1.77 bits per heavy atom. The lowest BCUT2D eigenvalue weighted by molar-refractivity contribution is -0.139. The molecule has 7 unspecified atom stereocenters. The molecule has 1 N–H and O–H groups in total. The second kappa shape index (κ2) is 9.74. The fourth-order valence-electron chi connectivity index (χ4n) is 6.58. The van der Waals surface area contributed by atoms with Crippen LogP contribution in [-0.2, 0) is 14.3 Å². The summed E-state index contributed by atoms with van der Waals surface area (Å²) in [5.74, 6) is 4.90. The fourth-order valence-corrected chi connectivity index (χ4v) is 6.58. The van der Waals surface area contributed by atoms with Crippen molar-refractivity contribution in [3.05, 3.63) is 12.2 Å². The molecule has 0 aliphatic heterocycles. The minimum absolute atomic E-state index is 0.107. The van der Waals surface area contributed by atoms with Crippen LogP contribution in [0.3, 0.4) is 0 Å². The topological polar surface area (TPSA) is 64.6 Å². The largest absolute Gasteiger partial charge is 0.462 e. The molecule has 5 heteroatoms. The number of fused-ring (bicyclic) bond motifs is 5. The molecule has 5 nitrogen and oxygen atoms in total. The van der Waals surface area contributed by atoms with Gasteiger partial charge in [-0.1, -0.05) is 27.4 Å². The van der Waals surface area contributed by atoms with Crippen molar-refractivity contribution >= 4 is 12.1 Å². The molecule has 0 aromatic carbocycles. The number of amides is 1. The Labute approximate surface area is 182 Å². The van der Waals surface area contributed by atoms with E-state index in [2.05, 4.69) is 32.7 Å². The molecule has 7 atom stereocenters. The highest BCUT2D eigenvalue weighted by Crippen LogP contribution is 2.62. The van der Waals surface area contributed by atoms with Crippen LogP contribution in [0.2, 0.25) is 0 Å². The highest BCUT2D eigenvalue weighted by atomic mass is 16.5. The molecular weight excluding hydrogens is 378 g/mol. The average Bonchev–Trinajstić information content (AvgIpc) is 2.84. The minimum Gasteiger partial charge on any atom is -0.462 e. The predicted octanol–water partition coefficient (Wildman–Crippen LogP) is 5.35. The van der Waals surface area contributed by atoms with Gasteiger partial charge in [0.2, 0.25) is 0 Å². The van der Waals surface area contributed by atoms with Gasteiger partial charge in [-0.2, -0.15) is 0 Å². The van der Waals surface area contributed by atoms with Crippen LogP contribution in [0.15, 0.2) is 12.2 Å². The third kappa shape index (κ3) is 5.39. The number of hydrogen-bond acceptors (Lipinski definition) is 4. The molecule has 30 heavy (non-hydrogen) atoms. The maximum atomic E-state index is 12.1. The number of unbranched alkanes of at least 4 members (excludes halogenated alkanes) is 1. The van der Waals surface area contributed by atoms with Crippen molar-refractivity contribution in [3.63, 3.8) is 0 Å². The van der Waals surface area contributed by atoms with Crippen LogP contribution < -0.4 is 5.32 Å². The van der Waals surface area contributed by atoms with Gasteiger partial charge in [0, 0.05) is 17.5 Å². The lowest BCUT2D eigenvalue weighted by Crippen LogP contribution is -2.37. The lowest BCUT2D eigenvalue weighted by Gasteiger charge is -2.41. The Morgan fingerprint density at radius 1 is 1.07 bits per heavy atom. The molecule has 3 saturated carbocycles. The van der Waals surface area contributed by atoms with E-state index in [0.717, 1.165) is 41.9 Å². The zero-order valence-electron chi connectivity index (χ0n) is 19.4. The van der Waals surface area contributed by atoms with Crippen LogP contribution in [-0.4, -0.2) is 31.8 Å². The summed E-state index contributed by atoms with van der Waals surface area (Å²) < 4.78 is 10.7. The molecule has 0 heterocycles. The van der Waals surface area contributed by atoms with Crippen molar-refractivity contribution in [2.24, 2.45) is 40.9 Å². The Kier molecular flexibility index (Phi) is 7.52. The van der Waals surface area contributed by atoms with E-state index in [0.29, 0.717) is 31.8 Å². The zero-order chi connectivity index (χ0) is 21.9. The smallest absolute Gasteiger partial charge is 0.407 e. The molecule has 3 aliphatic carbocycles. The van der Waals surface area contributed by atoms with E-state index in [-0.39, 0.29) is 17.5 Å². The molecule has 0 aromatic heterocycles. The molecule has 0 spiro atoms. The van der Waals surface area contributed by atoms with Crippen LogP contribution in [0.4, 0.5) is 4.79 Å². The second-order valence-electron chi connectivity index (χ2n) is 10.8. The van der Waals surface area contributed by atoms with Crippen molar-refractivity contribution in [2.75, 3.05) is 19.8 Å². The van der Waals surface area contributed by atoms with E-state index in [4.69, 9.17) is 9.47 Å². The van der Waals surface area contributed by atoms with E-state index < -0.39 is 0 Å². The molecule has 1 amide bonds. The van der Waals surface area contributed by atoms with Gasteiger partial charge in [0.25, 0.3) is 0 Å². The summed E-state index contributed by atoms with van der Waals surface area (Å²) in [4.78, 5) is 23.4. The molecule has 0 radical (unpaired) electrons. The van der Waals surface area contributed by atoms with E-state index in [1.54, 1.807) is 6.92 Å². The Morgan fingerprint density at radius 3 is 2.47 bits per heavy atom. The van der Waals surface area contributed by atoms with E-state index >= 15 is 0 Å². The van der Waals surface area contributed by atoms with Crippen molar-refractivity contribution in [2.45, 2.75) is 72.6 Å². The maximum Gasteiger partial charge on any atom is 0.407 e. The molecule has 2 bridgehead atoms. The van der Waals surface area contributed by atoms with Crippen LogP contribution in [0.5, 0.6) is 0 Å². The highest BCUT2D eigenvalue weighted by Gasteiger charge is 2.55. The van der Waals surface area contributed by atoms with E-state index in [1.807, 2.05) is 0 Å². The quantitative estimate of drug-likeness (QED) is 0.327. The van der Waals surface area contributed by atoms with Gasteiger partial charge in [-0.3, -0.25) is 0 Å². The van der Waals surface area contributed by atoms with Gasteiger partial charge in [-0.05, 0) is 87.4 Å². The first-order valence-electron chi connectivity index (χ1n) is 11.9. The van der Waals surface area contributed by atoms with Gasteiger partial charge in [-0.15, -0.1) is 0 Å². The van der Waals surface area contributed by atoms with E-state index in [9.17, 15) is 9.59 Å². The maximum absolute atomic E-state index is 12.1. The monoisotopic (exact) mass is 419 g/mol. The number of carbonyl (C=O) groups is 2. The average molecular weight is 420 g/mol. The number of rotatable bonds is 8. The summed E-state index contributed by atoms with van der Waals surface area (Å²) in [6.07, 6.45) is 7.60. The van der Waals surface area contributed by atoms with Crippen LogP contribution in [0, 0.1) is 40.9 Å². The summed E-state index contributed by atoms with van der Waals surface area (Å²) in [5, 5.41) is 2.83. The fraction of sp³-hybridized carbons (Fsp3) is 0.840. The van der Waals surface area contributed by atoms with Gasteiger partial charge >= 0.3 is 12.1 Å². The number of alkyl carbamates (subject to hydrolysis) is 1. The van der Waals surface area contributed by atoms with Gasteiger partial charge in [0.05, 0.1) is 13.2 Å². The molecule has 0 aromatic rings. The Balaban J connectivity index is 1.35. The third-order valence-electron chi connectivity index (χ3n) is 8.13. The zero-order valence-corrected chi connectivity index (χ0v) is 19.4. The highest BCUT2D eigenvalue weighted by molar-refractivity contribution is 5.86. The van der Waals surface area contributed by atoms with Crippen molar-refractivity contribution in [1.82, 2.24) is 5.32 Å². The van der Waals surface area contributed by atoms with Gasteiger partial charge in [-0.25, -0.2) is 9.59 Å². The molecule has 3 rings (SSSR count). The number of ether oxygens (including phenoxy) is 2. The summed E-state index contributed by atoms with van der Waals surface area (Å²) in [6, 6.07) is 0. The summed E-state index contributed by atoms with van der Waals surface area (Å²) in [5.41, 5.74) is 0.514. The summed E-state index contributed by atoms with van der Waals surface area (Å²) in [6.45, 7) is 13.8. The van der Waals surface area contributed by atoms with E-state index in [1.165, 1.54) is 32.1 Å². The molecule has 0 saturated heterocycles. The number of nitrogens with one attached hydrogen (secondary N) is 1. The van der Waals surface area contributed by atoms with Gasteiger partial charge < -0.3 is 14.8 Å². The predicted molar refractivity (Wildman–Crippen MR) is 118 cm³/mol. The number of hydrogen-bond donors (Lipinski definition) is 1. The molecule has 170 valence electrons. The van der Waals surface area contributed by atoms with Crippen LogP contribution >= 0.6 is 0 Å². The Hall–Kier alpha value is -1.52. The number of carbonyl (C=O) groups excluding carboxylic acids is 2. The Bertz CT molecular complexity index is 645. The molecular formula is C25H41NO4. The van der Waals surface area contributed by atoms with Gasteiger partial charge in [0.15, 0.2) is 0 Å². The first-order chi connectivity index (χ1) is 14.2. The SMILES string of the molecule is C=C(C)C(=O)OCCCCNC(=O)OCC1(C)CCC2C3CC(C)CC(C3C)C2C1.